The van der Waals surface area contributed by atoms with Crippen LogP contribution in [0.2, 0.25) is 5.02 Å². The molecule has 0 amide bonds. The molecule has 2 rings (SSSR count). The second-order valence-corrected chi connectivity index (χ2v) is 5.79. The summed E-state index contributed by atoms with van der Waals surface area (Å²) in [5.74, 6) is 0. The molecule has 0 radical (unpaired) electrons. The van der Waals surface area contributed by atoms with E-state index in [1.54, 1.807) is 0 Å². The molecule has 21 heavy (non-hydrogen) atoms. The zero-order valence-electron chi connectivity index (χ0n) is 11.7. The van der Waals surface area contributed by atoms with Crippen molar-refractivity contribution in [3.63, 3.8) is 0 Å². The zero-order valence-corrected chi connectivity index (χ0v) is 13.3. The minimum atomic E-state index is -0.453. The lowest BCUT2D eigenvalue weighted by Crippen LogP contribution is -2.37. The summed E-state index contributed by atoms with van der Waals surface area (Å²) in [6, 6.07) is 4.27. The molecule has 0 aliphatic carbocycles. The molecule has 0 atom stereocenters. The van der Waals surface area contributed by atoms with Gasteiger partial charge in [0.25, 0.3) is 5.69 Å². The first kappa shape index (κ1) is 15.9. The van der Waals surface area contributed by atoms with Crippen molar-refractivity contribution < 1.29 is 4.92 Å². The third kappa shape index (κ3) is 4.26. The number of anilines is 1. The minimum absolute atomic E-state index is 0.0136. The van der Waals surface area contributed by atoms with E-state index in [1.807, 2.05) is 0 Å². The summed E-state index contributed by atoms with van der Waals surface area (Å²) >= 11 is 11.5. The van der Waals surface area contributed by atoms with Gasteiger partial charge in [-0.25, -0.2) is 0 Å². The van der Waals surface area contributed by atoms with Crippen LogP contribution < -0.4 is 5.32 Å². The van der Waals surface area contributed by atoms with E-state index in [0.717, 1.165) is 32.6 Å². The normalized spacial score (nSPS) is 16.4. The molecule has 0 saturated carbocycles. The second kappa shape index (κ2) is 7.02. The Bertz CT molecular complexity index is 555. The summed E-state index contributed by atoms with van der Waals surface area (Å²) in [5.41, 5.74) is 0.453. The molecule has 1 aliphatic rings. The van der Waals surface area contributed by atoms with Crippen LogP contribution in [-0.4, -0.2) is 53.1 Å². The third-order valence-electron chi connectivity index (χ3n) is 3.41. The van der Waals surface area contributed by atoms with Gasteiger partial charge in [0.15, 0.2) is 5.11 Å². The van der Waals surface area contributed by atoms with Gasteiger partial charge >= 0.3 is 0 Å². The molecule has 6 nitrogen and oxygen atoms in total. The van der Waals surface area contributed by atoms with Crippen molar-refractivity contribution in [3.05, 3.63) is 33.3 Å². The molecule has 0 bridgehead atoms. The molecular formula is C13H17ClN4O2S. The Morgan fingerprint density at radius 3 is 2.86 bits per heavy atom. The van der Waals surface area contributed by atoms with Crippen molar-refractivity contribution in [2.24, 2.45) is 0 Å². The second-order valence-electron chi connectivity index (χ2n) is 5.00. The van der Waals surface area contributed by atoms with Gasteiger partial charge in [-0.15, -0.1) is 0 Å². The highest BCUT2D eigenvalue weighted by Gasteiger charge is 2.17. The van der Waals surface area contributed by atoms with Crippen LogP contribution in [0.4, 0.5) is 11.4 Å². The van der Waals surface area contributed by atoms with E-state index in [-0.39, 0.29) is 5.69 Å². The van der Waals surface area contributed by atoms with E-state index in [9.17, 15) is 10.1 Å². The fraction of sp³-hybridized carbons (Fsp3) is 0.462. The predicted octanol–water partition coefficient (Wildman–Crippen LogP) is 2.58. The first-order chi connectivity index (χ1) is 9.97. The molecule has 0 unspecified atom stereocenters. The number of hydrogen-bond donors (Lipinski definition) is 1. The van der Waals surface area contributed by atoms with Gasteiger partial charge < -0.3 is 15.1 Å². The van der Waals surface area contributed by atoms with Crippen LogP contribution in [0, 0.1) is 10.1 Å². The fourth-order valence-electron chi connectivity index (χ4n) is 2.17. The summed E-state index contributed by atoms with van der Waals surface area (Å²) in [5, 5.41) is 14.8. The van der Waals surface area contributed by atoms with Gasteiger partial charge in [-0.3, -0.25) is 10.1 Å². The maximum atomic E-state index is 10.8. The lowest BCUT2D eigenvalue weighted by atomic mass is 10.3. The Kier molecular flexibility index (Phi) is 5.33. The quantitative estimate of drug-likeness (QED) is 0.511. The Labute approximate surface area is 133 Å². The monoisotopic (exact) mass is 328 g/mol. The molecule has 114 valence electrons. The molecular weight excluding hydrogens is 312 g/mol. The average Bonchev–Trinajstić information content (AvgIpc) is 2.65. The van der Waals surface area contributed by atoms with Gasteiger partial charge in [0, 0.05) is 31.8 Å². The van der Waals surface area contributed by atoms with Gasteiger partial charge in [0.05, 0.1) is 15.6 Å². The van der Waals surface area contributed by atoms with Crippen molar-refractivity contribution in [2.45, 2.75) is 6.42 Å². The topological polar surface area (TPSA) is 61.6 Å². The number of hydrogen-bond acceptors (Lipinski definition) is 4. The largest absolute Gasteiger partial charge is 0.348 e. The first-order valence-electron chi connectivity index (χ1n) is 6.66. The Morgan fingerprint density at radius 2 is 2.14 bits per heavy atom. The molecule has 0 aromatic heterocycles. The van der Waals surface area contributed by atoms with Gasteiger partial charge in [-0.1, -0.05) is 11.6 Å². The molecule has 1 heterocycles. The van der Waals surface area contributed by atoms with Gasteiger partial charge in [0.2, 0.25) is 0 Å². The number of thiocarbonyl (C=S) groups is 1. The number of rotatable bonds is 2. The lowest BCUT2D eigenvalue weighted by Gasteiger charge is -2.24. The molecule has 1 aromatic rings. The lowest BCUT2D eigenvalue weighted by molar-refractivity contribution is -0.384. The van der Waals surface area contributed by atoms with Crippen LogP contribution in [-0.2, 0) is 0 Å². The van der Waals surface area contributed by atoms with E-state index in [0.29, 0.717) is 15.8 Å². The number of halogens is 1. The van der Waals surface area contributed by atoms with E-state index in [1.165, 1.54) is 18.2 Å². The highest BCUT2D eigenvalue weighted by Crippen LogP contribution is 2.27. The van der Waals surface area contributed by atoms with Crippen molar-refractivity contribution in [2.75, 3.05) is 38.5 Å². The number of nitro benzene ring substituents is 1. The van der Waals surface area contributed by atoms with Crippen LogP contribution in [0.15, 0.2) is 18.2 Å². The highest BCUT2D eigenvalue weighted by atomic mass is 35.5. The molecule has 8 heteroatoms. The SMILES string of the molecule is CN1CCCN(C(=S)Nc2cc([N+](=O)[O-])ccc2Cl)CC1. The van der Waals surface area contributed by atoms with E-state index in [2.05, 4.69) is 22.2 Å². The Hall–Kier alpha value is -1.44. The summed E-state index contributed by atoms with van der Waals surface area (Å²) in [6.45, 7) is 3.67. The summed E-state index contributed by atoms with van der Waals surface area (Å²) in [6.07, 6.45) is 1.03. The van der Waals surface area contributed by atoms with Crippen molar-refractivity contribution >= 4 is 40.3 Å². The smallest absolute Gasteiger partial charge is 0.271 e. The molecule has 1 aromatic carbocycles. The number of benzene rings is 1. The maximum absolute atomic E-state index is 10.8. The predicted molar refractivity (Wildman–Crippen MR) is 88.0 cm³/mol. The van der Waals surface area contributed by atoms with Crippen LogP contribution >= 0.6 is 23.8 Å². The highest BCUT2D eigenvalue weighted by molar-refractivity contribution is 7.80. The van der Waals surface area contributed by atoms with E-state index in [4.69, 9.17) is 23.8 Å². The van der Waals surface area contributed by atoms with Crippen molar-refractivity contribution in [3.8, 4) is 0 Å². The number of likely N-dealkylation sites (N-methyl/N-ethyl adjacent to an activating group) is 1. The zero-order chi connectivity index (χ0) is 15.4. The van der Waals surface area contributed by atoms with Crippen molar-refractivity contribution in [1.82, 2.24) is 9.80 Å². The van der Waals surface area contributed by atoms with Gasteiger partial charge in [0.1, 0.15) is 0 Å². The minimum Gasteiger partial charge on any atom is -0.348 e. The average molecular weight is 329 g/mol. The molecule has 1 N–H and O–H groups in total. The molecule has 0 spiro atoms. The Balaban J connectivity index is 2.08. The van der Waals surface area contributed by atoms with E-state index >= 15 is 0 Å². The third-order valence-corrected chi connectivity index (χ3v) is 4.10. The van der Waals surface area contributed by atoms with Crippen LogP contribution in [0.3, 0.4) is 0 Å². The summed E-state index contributed by atoms with van der Waals surface area (Å²) in [7, 11) is 2.08. The maximum Gasteiger partial charge on any atom is 0.271 e. The molecule has 1 fully saturated rings. The number of nitrogens with one attached hydrogen (secondary N) is 1. The van der Waals surface area contributed by atoms with Crippen molar-refractivity contribution in [1.29, 1.82) is 0 Å². The number of non-ortho nitro benzene ring substituents is 1. The van der Waals surface area contributed by atoms with Gasteiger partial charge in [-0.05, 0) is 38.3 Å². The molecule has 1 saturated heterocycles. The van der Waals surface area contributed by atoms with Crippen LogP contribution in [0.25, 0.3) is 0 Å². The van der Waals surface area contributed by atoms with E-state index < -0.39 is 4.92 Å². The Morgan fingerprint density at radius 1 is 1.38 bits per heavy atom. The number of nitrogens with zero attached hydrogens (tertiary/aromatic N) is 3. The fourth-order valence-corrected chi connectivity index (χ4v) is 2.62. The summed E-state index contributed by atoms with van der Waals surface area (Å²) < 4.78 is 0. The molecule has 1 aliphatic heterocycles. The van der Waals surface area contributed by atoms with Crippen LogP contribution in [0.1, 0.15) is 6.42 Å². The standard InChI is InChI=1S/C13H17ClN4O2S/c1-16-5-2-6-17(8-7-16)13(21)15-12-9-10(18(19)20)3-4-11(12)14/h3-4,9H,2,5-8H2,1H3,(H,15,21). The van der Waals surface area contributed by atoms with Gasteiger partial charge in [-0.2, -0.15) is 0 Å². The number of nitro groups is 1. The first-order valence-corrected chi connectivity index (χ1v) is 7.44. The van der Waals surface area contributed by atoms with Crippen LogP contribution in [0.5, 0.6) is 0 Å². The summed E-state index contributed by atoms with van der Waals surface area (Å²) in [4.78, 5) is 14.7.